The van der Waals surface area contributed by atoms with Crippen molar-refractivity contribution in [1.29, 1.82) is 0 Å². The van der Waals surface area contributed by atoms with Crippen molar-refractivity contribution in [2.45, 2.75) is 6.18 Å². The van der Waals surface area contributed by atoms with Gasteiger partial charge in [-0.15, -0.1) is 0 Å². The van der Waals surface area contributed by atoms with Gasteiger partial charge >= 0.3 is 6.18 Å². The predicted octanol–water partition coefficient (Wildman–Crippen LogP) is 2.74. The molecule has 0 atom stereocenters. The molecule has 2 N–H and O–H groups in total. The minimum Gasteiger partial charge on any atom is -0.397 e. The predicted molar refractivity (Wildman–Crippen MR) is 56.9 cm³/mol. The lowest BCUT2D eigenvalue weighted by Crippen LogP contribution is -2.04. The highest BCUT2D eigenvalue weighted by Gasteiger charge is 2.30. The second kappa shape index (κ2) is 4.04. The molecule has 6 heteroatoms. The van der Waals surface area contributed by atoms with Crippen LogP contribution in [0.25, 0.3) is 11.1 Å². The molecule has 0 unspecified atom stereocenters. The van der Waals surface area contributed by atoms with Gasteiger partial charge in [0.15, 0.2) is 0 Å². The molecule has 2 rings (SSSR count). The van der Waals surface area contributed by atoms with Crippen LogP contribution in [0, 0.1) is 0 Å². The Morgan fingerprint density at radius 2 is 1.76 bits per heavy atom. The van der Waals surface area contributed by atoms with E-state index in [4.69, 9.17) is 5.73 Å². The number of rotatable bonds is 1. The van der Waals surface area contributed by atoms with Gasteiger partial charge in [0, 0.05) is 5.56 Å². The van der Waals surface area contributed by atoms with Crippen LogP contribution in [0.5, 0.6) is 0 Å². The van der Waals surface area contributed by atoms with Crippen molar-refractivity contribution in [2.75, 3.05) is 5.73 Å². The highest BCUT2D eigenvalue weighted by atomic mass is 19.4. The van der Waals surface area contributed by atoms with E-state index in [9.17, 15) is 13.2 Å². The Hall–Kier alpha value is -2.11. The molecule has 0 aliphatic rings. The van der Waals surface area contributed by atoms with Gasteiger partial charge in [0.25, 0.3) is 0 Å². The maximum Gasteiger partial charge on any atom is 0.416 e. The van der Waals surface area contributed by atoms with Gasteiger partial charge in [-0.1, -0.05) is 12.1 Å². The van der Waals surface area contributed by atoms with E-state index in [1.54, 1.807) is 6.07 Å². The van der Waals surface area contributed by atoms with Gasteiger partial charge in [-0.25, -0.2) is 0 Å². The molecular formula is C11H8F3N3. The Labute approximate surface area is 95.1 Å². The molecule has 0 spiro atoms. The largest absolute Gasteiger partial charge is 0.416 e. The minimum absolute atomic E-state index is 0.291. The van der Waals surface area contributed by atoms with Crippen molar-refractivity contribution < 1.29 is 13.2 Å². The maximum atomic E-state index is 12.5. The molecule has 0 radical (unpaired) electrons. The molecule has 88 valence electrons. The van der Waals surface area contributed by atoms with Crippen LogP contribution in [0.4, 0.5) is 18.9 Å². The number of benzene rings is 1. The standard InChI is InChI=1S/C11H8F3N3/c12-11(13,14)8-3-1-2-7(4-8)9-5-16-17-6-10(9)15/h1-6H,(H2,15,16). The Bertz CT molecular complexity index is 537. The molecule has 1 aromatic heterocycles. The van der Waals surface area contributed by atoms with Gasteiger partial charge < -0.3 is 5.73 Å². The third kappa shape index (κ3) is 2.35. The van der Waals surface area contributed by atoms with Gasteiger partial charge in [0.1, 0.15) is 0 Å². The van der Waals surface area contributed by atoms with Crippen LogP contribution in [0.3, 0.4) is 0 Å². The molecule has 1 heterocycles. The molecule has 0 aliphatic carbocycles. The number of alkyl halides is 3. The molecule has 0 bridgehead atoms. The van der Waals surface area contributed by atoms with Crippen LogP contribution >= 0.6 is 0 Å². The average molecular weight is 239 g/mol. The zero-order valence-corrected chi connectivity index (χ0v) is 8.57. The fraction of sp³-hybridized carbons (Fsp3) is 0.0909. The summed E-state index contributed by atoms with van der Waals surface area (Å²) in [4.78, 5) is 0. The van der Waals surface area contributed by atoms with E-state index >= 15 is 0 Å². The van der Waals surface area contributed by atoms with E-state index in [2.05, 4.69) is 10.2 Å². The first kappa shape index (κ1) is 11.4. The van der Waals surface area contributed by atoms with E-state index in [0.29, 0.717) is 16.8 Å². The zero-order chi connectivity index (χ0) is 12.5. The molecule has 0 saturated heterocycles. The topological polar surface area (TPSA) is 51.8 Å². The van der Waals surface area contributed by atoms with Crippen LogP contribution in [0.15, 0.2) is 36.7 Å². The number of anilines is 1. The van der Waals surface area contributed by atoms with Gasteiger partial charge in [0.05, 0.1) is 23.6 Å². The lowest BCUT2D eigenvalue weighted by Gasteiger charge is -2.09. The Morgan fingerprint density at radius 3 is 2.41 bits per heavy atom. The number of hydrogen-bond donors (Lipinski definition) is 1. The fourth-order valence-electron chi connectivity index (χ4n) is 1.43. The summed E-state index contributed by atoms with van der Waals surface area (Å²) in [5, 5.41) is 7.15. The third-order valence-corrected chi connectivity index (χ3v) is 2.26. The SMILES string of the molecule is Nc1cnncc1-c1cccc(C(F)(F)F)c1. The molecule has 0 aliphatic heterocycles. The third-order valence-electron chi connectivity index (χ3n) is 2.26. The van der Waals surface area contributed by atoms with Crippen molar-refractivity contribution in [3.05, 3.63) is 42.2 Å². The highest BCUT2D eigenvalue weighted by Crippen LogP contribution is 2.33. The first-order valence-electron chi connectivity index (χ1n) is 4.72. The van der Waals surface area contributed by atoms with Crippen molar-refractivity contribution >= 4 is 5.69 Å². The van der Waals surface area contributed by atoms with Crippen LogP contribution in [0.2, 0.25) is 0 Å². The van der Waals surface area contributed by atoms with Crippen LogP contribution in [-0.2, 0) is 6.18 Å². The van der Waals surface area contributed by atoms with E-state index < -0.39 is 11.7 Å². The lowest BCUT2D eigenvalue weighted by molar-refractivity contribution is -0.137. The zero-order valence-electron chi connectivity index (χ0n) is 8.57. The van der Waals surface area contributed by atoms with Crippen LogP contribution < -0.4 is 5.73 Å². The Kier molecular flexibility index (Phi) is 2.71. The molecule has 0 saturated carbocycles. The van der Waals surface area contributed by atoms with Gasteiger partial charge in [-0.2, -0.15) is 23.4 Å². The Balaban J connectivity index is 2.51. The maximum absolute atomic E-state index is 12.5. The number of nitrogens with zero attached hydrogens (tertiary/aromatic N) is 2. The smallest absolute Gasteiger partial charge is 0.397 e. The number of halogens is 3. The summed E-state index contributed by atoms with van der Waals surface area (Å²) in [7, 11) is 0. The van der Waals surface area contributed by atoms with Crippen LogP contribution in [0.1, 0.15) is 5.56 Å². The molecule has 0 amide bonds. The monoisotopic (exact) mass is 239 g/mol. The van der Waals surface area contributed by atoms with E-state index in [1.807, 2.05) is 0 Å². The van der Waals surface area contributed by atoms with Gasteiger partial charge in [-0.05, 0) is 17.7 Å². The first-order chi connectivity index (χ1) is 7.98. The van der Waals surface area contributed by atoms with Gasteiger partial charge in [-0.3, -0.25) is 0 Å². The number of hydrogen-bond acceptors (Lipinski definition) is 3. The Morgan fingerprint density at radius 1 is 1.06 bits per heavy atom. The minimum atomic E-state index is -4.37. The number of aromatic nitrogens is 2. The van der Waals surface area contributed by atoms with Crippen molar-refractivity contribution in [2.24, 2.45) is 0 Å². The second-order valence-electron chi connectivity index (χ2n) is 3.44. The van der Waals surface area contributed by atoms with Gasteiger partial charge in [0.2, 0.25) is 0 Å². The van der Waals surface area contributed by atoms with Crippen molar-refractivity contribution in [1.82, 2.24) is 10.2 Å². The molecule has 1 aromatic carbocycles. The normalized spacial score (nSPS) is 11.5. The van der Waals surface area contributed by atoms with Crippen LogP contribution in [-0.4, -0.2) is 10.2 Å². The molecule has 3 nitrogen and oxygen atoms in total. The van der Waals surface area contributed by atoms with E-state index in [1.165, 1.54) is 18.5 Å². The van der Waals surface area contributed by atoms with E-state index in [-0.39, 0.29) is 0 Å². The first-order valence-corrected chi connectivity index (χ1v) is 4.72. The number of nitrogens with two attached hydrogens (primary N) is 1. The quantitative estimate of drug-likeness (QED) is 0.832. The summed E-state index contributed by atoms with van der Waals surface area (Å²) in [6.07, 6.45) is -1.73. The summed E-state index contributed by atoms with van der Waals surface area (Å²) in [6.45, 7) is 0. The summed E-state index contributed by atoms with van der Waals surface area (Å²) in [5.41, 5.74) is 6.01. The molecule has 0 fully saturated rings. The van der Waals surface area contributed by atoms with Crippen molar-refractivity contribution in [3.8, 4) is 11.1 Å². The number of nitrogen functional groups attached to an aromatic ring is 1. The summed E-state index contributed by atoms with van der Waals surface area (Å²) >= 11 is 0. The lowest BCUT2D eigenvalue weighted by atomic mass is 10.0. The summed E-state index contributed by atoms with van der Waals surface area (Å²) < 4.78 is 37.6. The second-order valence-corrected chi connectivity index (χ2v) is 3.44. The fourth-order valence-corrected chi connectivity index (χ4v) is 1.43. The summed E-state index contributed by atoms with van der Waals surface area (Å²) in [5.74, 6) is 0. The molecular weight excluding hydrogens is 231 g/mol. The molecule has 2 aromatic rings. The highest BCUT2D eigenvalue weighted by molar-refractivity contribution is 5.74. The van der Waals surface area contributed by atoms with Crippen molar-refractivity contribution in [3.63, 3.8) is 0 Å². The summed E-state index contributed by atoms with van der Waals surface area (Å²) in [6, 6.07) is 4.92. The van der Waals surface area contributed by atoms with E-state index in [0.717, 1.165) is 12.1 Å². The molecule has 17 heavy (non-hydrogen) atoms. The average Bonchev–Trinajstić information content (AvgIpc) is 2.29.